The van der Waals surface area contributed by atoms with Crippen LogP contribution in [0.2, 0.25) is 0 Å². The molecule has 0 bridgehead atoms. The van der Waals surface area contributed by atoms with Crippen molar-refractivity contribution in [2.24, 2.45) is 5.73 Å². The van der Waals surface area contributed by atoms with E-state index < -0.39 is 0 Å². The van der Waals surface area contributed by atoms with Crippen LogP contribution in [0.4, 0.5) is 4.39 Å². The third kappa shape index (κ3) is 2.76. The topological polar surface area (TPSA) is 29.3 Å². The van der Waals surface area contributed by atoms with Gasteiger partial charge in [0, 0.05) is 18.6 Å². The molecule has 2 rings (SSSR count). The van der Waals surface area contributed by atoms with E-state index in [2.05, 4.69) is 27.8 Å². The minimum absolute atomic E-state index is 0.139. The molecule has 18 heavy (non-hydrogen) atoms. The lowest BCUT2D eigenvalue weighted by molar-refractivity contribution is 0.180. The molecule has 1 aliphatic rings. The summed E-state index contributed by atoms with van der Waals surface area (Å²) in [5, 5.41) is 0. The minimum atomic E-state index is -0.210. The SMILES string of the molecule is CCC1CCCN1C(CN)c1ccc(Br)c(F)c1. The van der Waals surface area contributed by atoms with Crippen LogP contribution < -0.4 is 5.73 Å². The van der Waals surface area contributed by atoms with Crippen molar-refractivity contribution in [3.05, 3.63) is 34.1 Å². The van der Waals surface area contributed by atoms with Crippen molar-refractivity contribution in [2.45, 2.75) is 38.3 Å². The zero-order valence-corrected chi connectivity index (χ0v) is 12.3. The van der Waals surface area contributed by atoms with Crippen LogP contribution in [-0.2, 0) is 0 Å². The van der Waals surface area contributed by atoms with E-state index in [-0.39, 0.29) is 11.9 Å². The Kier molecular flexibility index (Phi) is 4.76. The highest BCUT2D eigenvalue weighted by Gasteiger charge is 2.29. The van der Waals surface area contributed by atoms with Crippen molar-refractivity contribution in [1.82, 2.24) is 4.90 Å². The summed E-state index contributed by atoms with van der Waals surface area (Å²) in [7, 11) is 0. The number of halogens is 2. The highest BCUT2D eigenvalue weighted by atomic mass is 79.9. The van der Waals surface area contributed by atoms with Gasteiger partial charge in [-0.1, -0.05) is 13.0 Å². The van der Waals surface area contributed by atoms with Crippen LogP contribution in [0.1, 0.15) is 37.8 Å². The van der Waals surface area contributed by atoms with Crippen molar-refractivity contribution in [3.8, 4) is 0 Å². The molecule has 0 saturated carbocycles. The lowest BCUT2D eigenvalue weighted by Crippen LogP contribution is -2.37. The molecule has 2 unspecified atom stereocenters. The molecule has 100 valence electrons. The zero-order valence-electron chi connectivity index (χ0n) is 10.7. The maximum atomic E-state index is 13.6. The van der Waals surface area contributed by atoms with Gasteiger partial charge in [-0.2, -0.15) is 0 Å². The van der Waals surface area contributed by atoms with Crippen LogP contribution in [0.25, 0.3) is 0 Å². The molecule has 1 aromatic carbocycles. The fourth-order valence-electron chi connectivity index (χ4n) is 2.89. The lowest BCUT2D eigenvalue weighted by Gasteiger charge is -2.32. The molecule has 0 radical (unpaired) electrons. The van der Waals surface area contributed by atoms with E-state index >= 15 is 0 Å². The average molecular weight is 315 g/mol. The minimum Gasteiger partial charge on any atom is -0.329 e. The van der Waals surface area contributed by atoms with E-state index in [1.807, 2.05) is 6.07 Å². The van der Waals surface area contributed by atoms with Crippen LogP contribution in [0, 0.1) is 5.82 Å². The standard InChI is InChI=1S/C14H20BrFN2/c1-2-11-4-3-7-18(11)14(9-17)10-5-6-12(15)13(16)8-10/h5-6,8,11,14H,2-4,7,9,17H2,1H3. The van der Waals surface area contributed by atoms with E-state index in [9.17, 15) is 4.39 Å². The Labute approximate surface area is 116 Å². The summed E-state index contributed by atoms with van der Waals surface area (Å²) in [6, 6.07) is 6.07. The highest BCUT2D eigenvalue weighted by molar-refractivity contribution is 9.10. The van der Waals surface area contributed by atoms with Crippen molar-refractivity contribution in [3.63, 3.8) is 0 Å². The van der Waals surface area contributed by atoms with E-state index in [1.165, 1.54) is 12.8 Å². The van der Waals surface area contributed by atoms with Gasteiger partial charge in [0.05, 0.1) is 4.47 Å². The number of nitrogens with two attached hydrogens (primary N) is 1. The predicted octanol–water partition coefficient (Wildman–Crippen LogP) is 3.46. The lowest BCUT2D eigenvalue weighted by atomic mass is 10.0. The molecule has 0 aliphatic carbocycles. The third-order valence-electron chi connectivity index (χ3n) is 3.85. The zero-order chi connectivity index (χ0) is 13.1. The Morgan fingerprint density at radius 1 is 1.56 bits per heavy atom. The molecule has 2 nitrogen and oxygen atoms in total. The van der Waals surface area contributed by atoms with Crippen LogP contribution in [0.5, 0.6) is 0 Å². The number of nitrogens with zero attached hydrogens (tertiary/aromatic N) is 1. The first kappa shape index (κ1) is 14.0. The number of rotatable bonds is 4. The van der Waals surface area contributed by atoms with Crippen molar-refractivity contribution < 1.29 is 4.39 Å². The van der Waals surface area contributed by atoms with Crippen molar-refractivity contribution >= 4 is 15.9 Å². The van der Waals surface area contributed by atoms with Gasteiger partial charge in [0.1, 0.15) is 5.82 Å². The summed E-state index contributed by atoms with van der Waals surface area (Å²) >= 11 is 3.19. The van der Waals surface area contributed by atoms with Gasteiger partial charge in [0.15, 0.2) is 0 Å². The number of benzene rings is 1. The van der Waals surface area contributed by atoms with Crippen LogP contribution in [-0.4, -0.2) is 24.0 Å². The molecule has 1 aliphatic heterocycles. The van der Waals surface area contributed by atoms with E-state index in [4.69, 9.17) is 5.73 Å². The molecule has 2 N–H and O–H groups in total. The fraction of sp³-hybridized carbons (Fsp3) is 0.571. The van der Waals surface area contributed by atoms with Crippen LogP contribution >= 0.6 is 15.9 Å². The molecular formula is C14H20BrFN2. The summed E-state index contributed by atoms with van der Waals surface area (Å²) in [6.45, 7) is 3.81. The fourth-order valence-corrected chi connectivity index (χ4v) is 3.14. The molecule has 1 aromatic rings. The summed E-state index contributed by atoms with van der Waals surface area (Å²) in [5.74, 6) is -0.210. The Bertz CT molecular complexity index is 411. The second-order valence-electron chi connectivity index (χ2n) is 4.87. The number of likely N-dealkylation sites (tertiary alicyclic amines) is 1. The predicted molar refractivity (Wildman–Crippen MR) is 75.9 cm³/mol. The Morgan fingerprint density at radius 2 is 2.33 bits per heavy atom. The average Bonchev–Trinajstić information content (AvgIpc) is 2.83. The molecule has 4 heteroatoms. The van der Waals surface area contributed by atoms with Gasteiger partial charge in [0.25, 0.3) is 0 Å². The molecular weight excluding hydrogens is 295 g/mol. The van der Waals surface area contributed by atoms with E-state index in [0.29, 0.717) is 17.1 Å². The van der Waals surface area contributed by atoms with Gasteiger partial charge in [0.2, 0.25) is 0 Å². The Hall–Kier alpha value is -0.450. The van der Waals surface area contributed by atoms with E-state index in [0.717, 1.165) is 18.5 Å². The molecule has 1 heterocycles. The molecule has 1 fully saturated rings. The molecule has 0 amide bonds. The summed E-state index contributed by atoms with van der Waals surface area (Å²) in [6.07, 6.45) is 3.58. The molecule has 0 spiro atoms. The van der Waals surface area contributed by atoms with Gasteiger partial charge >= 0.3 is 0 Å². The van der Waals surface area contributed by atoms with Crippen LogP contribution in [0.15, 0.2) is 22.7 Å². The quantitative estimate of drug-likeness (QED) is 0.922. The van der Waals surface area contributed by atoms with Gasteiger partial charge < -0.3 is 5.73 Å². The largest absolute Gasteiger partial charge is 0.329 e. The Balaban J connectivity index is 2.24. The number of hydrogen-bond donors (Lipinski definition) is 1. The van der Waals surface area contributed by atoms with Gasteiger partial charge in [-0.15, -0.1) is 0 Å². The third-order valence-corrected chi connectivity index (χ3v) is 4.49. The van der Waals surface area contributed by atoms with Crippen molar-refractivity contribution in [2.75, 3.05) is 13.1 Å². The first-order valence-corrected chi connectivity index (χ1v) is 7.37. The summed E-state index contributed by atoms with van der Waals surface area (Å²) in [5.41, 5.74) is 6.90. The second kappa shape index (κ2) is 6.13. The molecule has 0 aromatic heterocycles. The summed E-state index contributed by atoms with van der Waals surface area (Å²) < 4.78 is 14.1. The molecule has 1 saturated heterocycles. The van der Waals surface area contributed by atoms with Gasteiger partial charge in [-0.3, -0.25) is 4.90 Å². The number of hydrogen-bond acceptors (Lipinski definition) is 2. The van der Waals surface area contributed by atoms with Crippen LogP contribution in [0.3, 0.4) is 0 Å². The Morgan fingerprint density at radius 3 is 2.94 bits per heavy atom. The summed E-state index contributed by atoms with van der Waals surface area (Å²) in [4.78, 5) is 2.43. The monoisotopic (exact) mass is 314 g/mol. The second-order valence-corrected chi connectivity index (χ2v) is 5.72. The van der Waals surface area contributed by atoms with Crippen molar-refractivity contribution in [1.29, 1.82) is 0 Å². The maximum Gasteiger partial charge on any atom is 0.137 e. The first-order chi connectivity index (χ1) is 8.67. The molecule has 2 atom stereocenters. The van der Waals surface area contributed by atoms with E-state index in [1.54, 1.807) is 12.1 Å². The first-order valence-electron chi connectivity index (χ1n) is 6.58. The highest BCUT2D eigenvalue weighted by Crippen LogP contribution is 2.31. The van der Waals surface area contributed by atoms with Gasteiger partial charge in [-0.05, 0) is 59.4 Å². The van der Waals surface area contributed by atoms with Gasteiger partial charge in [-0.25, -0.2) is 4.39 Å². The maximum absolute atomic E-state index is 13.6. The smallest absolute Gasteiger partial charge is 0.137 e. The normalized spacial score (nSPS) is 22.3.